The predicted octanol–water partition coefficient (Wildman–Crippen LogP) is 1.01. The minimum atomic E-state index is -0.411. The Labute approximate surface area is 115 Å². The van der Waals surface area contributed by atoms with Crippen LogP contribution in [-0.2, 0) is 16.1 Å². The van der Waals surface area contributed by atoms with Gasteiger partial charge >= 0.3 is 5.97 Å². The molecule has 2 rings (SSSR count). The number of amides is 1. The van der Waals surface area contributed by atoms with E-state index in [2.05, 4.69) is 20.1 Å². The number of esters is 1. The molecule has 0 unspecified atom stereocenters. The first kappa shape index (κ1) is 13.7. The largest absolute Gasteiger partial charge is 0.468 e. The van der Waals surface area contributed by atoms with Gasteiger partial charge in [-0.2, -0.15) is 5.10 Å². The molecule has 20 heavy (non-hydrogen) atoms. The Hall–Kier alpha value is -2.70. The van der Waals surface area contributed by atoms with E-state index < -0.39 is 5.97 Å². The molecule has 0 aromatic carbocycles. The Bertz CT molecular complexity index is 636. The van der Waals surface area contributed by atoms with Crippen LogP contribution in [0.4, 0.5) is 5.69 Å². The first-order valence-electron chi connectivity index (χ1n) is 5.93. The summed E-state index contributed by atoms with van der Waals surface area (Å²) in [4.78, 5) is 27.2. The normalized spacial score (nSPS) is 10.1. The van der Waals surface area contributed by atoms with E-state index in [0.717, 1.165) is 5.69 Å². The summed E-state index contributed by atoms with van der Waals surface area (Å²) in [6.45, 7) is 1.81. The Morgan fingerprint density at radius 1 is 1.40 bits per heavy atom. The highest BCUT2D eigenvalue weighted by Gasteiger charge is 2.10. The van der Waals surface area contributed by atoms with Crippen molar-refractivity contribution < 1.29 is 14.3 Å². The average Bonchev–Trinajstić information content (AvgIpc) is 2.85. The van der Waals surface area contributed by atoms with E-state index in [1.807, 2.05) is 13.0 Å². The molecule has 0 saturated carbocycles. The molecule has 2 heterocycles. The Kier molecular flexibility index (Phi) is 4.09. The van der Waals surface area contributed by atoms with Crippen molar-refractivity contribution >= 4 is 17.6 Å². The van der Waals surface area contributed by atoms with Crippen molar-refractivity contribution in [2.75, 3.05) is 12.4 Å². The van der Waals surface area contributed by atoms with Crippen LogP contribution in [0.2, 0.25) is 0 Å². The summed E-state index contributed by atoms with van der Waals surface area (Å²) in [5.41, 5.74) is 1.58. The van der Waals surface area contributed by atoms with Gasteiger partial charge in [-0.25, -0.2) is 4.98 Å². The van der Waals surface area contributed by atoms with Gasteiger partial charge in [-0.15, -0.1) is 0 Å². The van der Waals surface area contributed by atoms with Crippen molar-refractivity contribution in [2.24, 2.45) is 0 Å². The number of methoxy groups -OCH3 is 1. The number of pyridine rings is 1. The van der Waals surface area contributed by atoms with Crippen LogP contribution in [0.3, 0.4) is 0 Å². The molecule has 104 valence electrons. The van der Waals surface area contributed by atoms with E-state index in [1.54, 1.807) is 18.3 Å². The molecular formula is C13H14N4O3. The number of hydrogen-bond donors (Lipinski definition) is 1. The lowest BCUT2D eigenvalue weighted by Crippen LogP contribution is -2.14. The molecular weight excluding hydrogens is 260 g/mol. The zero-order valence-corrected chi connectivity index (χ0v) is 11.2. The predicted molar refractivity (Wildman–Crippen MR) is 71.2 cm³/mol. The maximum atomic E-state index is 12.0. The smallest absolute Gasteiger partial charge is 0.327 e. The number of carbonyl (C=O) groups excluding carboxylic acids is 2. The second kappa shape index (κ2) is 5.96. The van der Waals surface area contributed by atoms with E-state index in [1.165, 1.54) is 18.0 Å². The van der Waals surface area contributed by atoms with Crippen molar-refractivity contribution in [3.05, 3.63) is 42.0 Å². The van der Waals surface area contributed by atoms with Crippen LogP contribution in [0.1, 0.15) is 16.2 Å². The number of hydrogen-bond acceptors (Lipinski definition) is 5. The summed E-state index contributed by atoms with van der Waals surface area (Å²) in [6.07, 6.45) is 3.00. The second-order valence-electron chi connectivity index (χ2n) is 4.12. The Balaban J connectivity index is 2.03. The Morgan fingerprint density at radius 2 is 2.20 bits per heavy atom. The third-order valence-corrected chi connectivity index (χ3v) is 2.53. The number of aryl methyl sites for hydroxylation is 1. The fourth-order valence-electron chi connectivity index (χ4n) is 1.58. The van der Waals surface area contributed by atoms with Crippen molar-refractivity contribution in [3.63, 3.8) is 0 Å². The maximum Gasteiger partial charge on any atom is 0.327 e. The van der Waals surface area contributed by atoms with E-state index >= 15 is 0 Å². The number of ether oxygens (including phenoxy) is 1. The van der Waals surface area contributed by atoms with Crippen molar-refractivity contribution in [2.45, 2.75) is 13.5 Å². The molecule has 0 atom stereocenters. The van der Waals surface area contributed by atoms with Crippen LogP contribution in [0, 0.1) is 6.92 Å². The van der Waals surface area contributed by atoms with Crippen LogP contribution in [-0.4, -0.2) is 33.8 Å². The summed E-state index contributed by atoms with van der Waals surface area (Å²) < 4.78 is 5.91. The van der Waals surface area contributed by atoms with Gasteiger partial charge in [0.1, 0.15) is 12.2 Å². The number of rotatable bonds is 4. The van der Waals surface area contributed by atoms with Gasteiger partial charge in [0.05, 0.1) is 19.0 Å². The van der Waals surface area contributed by atoms with E-state index in [4.69, 9.17) is 0 Å². The molecule has 7 nitrogen and oxygen atoms in total. The third-order valence-electron chi connectivity index (χ3n) is 2.53. The average molecular weight is 274 g/mol. The van der Waals surface area contributed by atoms with Crippen LogP contribution >= 0.6 is 0 Å². The topological polar surface area (TPSA) is 86.1 Å². The lowest BCUT2D eigenvalue weighted by Gasteiger charge is -2.02. The summed E-state index contributed by atoms with van der Waals surface area (Å²) >= 11 is 0. The van der Waals surface area contributed by atoms with Gasteiger partial charge in [-0.05, 0) is 19.1 Å². The van der Waals surface area contributed by atoms with Crippen molar-refractivity contribution in [1.82, 2.24) is 14.8 Å². The highest BCUT2D eigenvalue weighted by molar-refractivity contribution is 6.02. The quantitative estimate of drug-likeness (QED) is 0.841. The van der Waals surface area contributed by atoms with Gasteiger partial charge in [0.15, 0.2) is 0 Å². The molecule has 0 aliphatic carbocycles. The molecule has 2 aromatic heterocycles. The second-order valence-corrected chi connectivity index (χ2v) is 4.12. The molecule has 0 bridgehead atoms. The molecule has 0 aliphatic rings. The minimum Gasteiger partial charge on any atom is -0.468 e. The Morgan fingerprint density at radius 3 is 2.90 bits per heavy atom. The van der Waals surface area contributed by atoms with Gasteiger partial charge in [0.25, 0.3) is 5.91 Å². The highest BCUT2D eigenvalue weighted by atomic mass is 16.5. The highest BCUT2D eigenvalue weighted by Crippen LogP contribution is 2.07. The first-order chi connectivity index (χ1) is 9.58. The zero-order valence-electron chi connectivity index (χ0n) is 11.2. The standard InChI is InChI=1S/C13H14N4O3/c1-9-4-3-5-11(15-9)13(19)16-10-6-14-17(7-10)8-12(18)20-2/h3-7H,8H2,1-2H3,(H,16,19). The van der Waals surface area contributed by atoms with Crippen LogP contribution in [0.15, 0.2) is 30.6 Å². The fraction of sp³-hybridized carbons (Fsp3) is 0.231. The van der Waals surface area contributed by atoms with Crippen LogP contribution in [0.25, 0.3) is 0 Å². The molecule has 0 radical (unpaired) electrons. The van der Waals surface area contributed by atoms with Crippen molar-refractivity contribution in [1.29, 1.82) is 0 Å². The molecule has 0 saturated heterocycles. The van der Waals surface area contributed by atoms with E-state index in [-0.39, 0.29) is 12.5 Å². The number of anilines is 1. The monoisotopic (exact) mass is 274 g/mol. The van der Waals surface area contributed by atoms with Gasteiger partial charge in [0, 0.05) is 11.9 Å². The van der Waals surface area contributed by atoms with E-state index in [0.29, 0.717) is 11.4 Å². The summed E-state index contributed by atoms with van der Waals surface area (Å²) in [6, 6.07) is 5.20. The van der Waals surface area contributed by atoms with Crippen LogP contribution in [0.5, 0.6) is 0 Å². The minimum absolute atomic E-state index is 0.00490. The van der Waals surface area contributed by atoms with Gasteiger partial charge in [0.2, 0.25) is 0 Å². The molecule has 0 fully saturated rings. The lowest BCUT2D eigenvalue weighted by molar-refractivity contribution is -0.141. The number of carbonyl (C=O) groups is 2. The maximum absolute atomic E-state index is 12.0. The van der Waals surface area contributed by atoms with Gasteiger partial charge in [-0.3, -0.25) is 14.3 Å². The third kappa shape index (κ3) is 3.41. The number of nitrogens with zero attached hydrogens (tertiary/aromatic N) is 3. The molecule has 7 heteroatoms. The van der Waals surface area contributed by atoms with Crippen molar-refractivity contribution in [3.8, 4) is 0 Å². The molecule has 1 N–H and O–H groups in total. The zero-order chi connectivity index (χ0) is 14.5. The fourth-order valence-corrected chi connectivity index (χ4v) is 1.58. The lowest BCUT2D eigenvalue weighted by atomic mass is 10.3. The SMILES string of the molecule is COC(=O)Cn1cc(NC(=O)c2cccc(C)n2)cn1. The van der Waals surface area contributed by atoms with Crippen LogP contribution < -0.4 is 5.32 Å². The first-order valence-corrected chi connectivity index (χ1v) is 5.93. The number of nitrogens with one attached hydrogen (secondary N) is 1. The molecule has 0 aliphatic heterocycles. The summed E-state index contributed by atoms with van der Waals surface area (Å²) in [5.74, 6) is -0.738. The summed E-state index contributed by atoms with van der Waals surface area (Å²) in [5, 5.41) is 6.61. The molecule has 2 aromatic rings. The summed E-state index contributed by atoms with van der Waals surface area (Å²) in [7, 11) is 1.30. The van der Waals surface area contributed by atoms with Gasteiger partial charge in [-0.1, -0.05) is 6.07 Å². The molecule has 1 amide bonds. The van der Waals surface area contributed by atoms with E-state index in [9.17, 15) is 9.59 Å². The number of aromatic nitrogens is 3. The van der Waals surface area contributed by atoms with Gasteiger partial charge < -0.3 is 10.1 Å². The molecule has 0 spiro atoms.